The molecule has 1 aromatic heterocycles. The lowest BCUT2D eigenvalue weighted by Crippen LogP contribution is -2.18. The minimum Gasteiger partial charge on any atom is -0.317 e. The molecule has 86 valence electrons. The summed E-state index contributed by atoms with van der Waals surface area (Å²) in [5, 5.41) is 7.92. The molecule has 0 aromatic carbocycles. The van der Waals surface area contributed by atoms with Gasteiger partial charge in [0.25, 0.3) is 0 Å². The number of hydrogen-bond donors (Lipinski definition) is 1. The highest BCUT2D eigenvalue weighted by molar-refractivity contribution is 5.21. The predicted molar refractivity (Wildman–Crippen MR) is 64.2 cm³/mol. The Balaban J connectivity index is 2.34. The van der Waals surface area contributed by atoms with E-state index >= 15 is 0 Å². The maximum Gasteiger partial charge on any atom is 0.0625 e. The minimum absolute atomic E-state index is 1.03. The third-order valence-corrected chi connectivity index (χ3v) is 2.89. The maximum atomic E-state index is 4.52. The fourth-order valence-corrected chi connectivity index (χ4v) is 1.66. The molecule has 0 amide bonds. The molecule has 0 aliphatic rings. The molecule has 1 N–H and O–H groups in total. The summed E-state index contributed by atoms with van der Waals surface area (Å²) in [6.07, 6.45) is 2.36. The number of aromatic nitrogens is 2. The molecular weight excluding hydrogens is 186 g/mol. The molecule has 0 fully saturated rings. The lowest BCUT2D eigenvalue weighted by atomic mass is 10.2. The van der Waals surface area contributed by atoms with Crippen LogP contribution in [0.2, 0.25) is 0 Å². The SMILES string of the molecule is CCCNCCCn1nc(C)c(C)c1C. The van der Waals surface area contributed by atoms with E-state index in [2.05, 4.69) is 42.8 Å². The first-order chi connectivity index (χ1) is 7.16. The first-order valence-corrected chi connectivity index (χ1v) is 5.88. The number of nitrogens with one attached hydrogen (secondary N) is 1. The van der Waals surface area contributed by atoms with E-state index in [9.17, 15) is 0 Å². The Morgan fingerprint density at radius 1 is 1.20 bits per heavy atom. The Labute approximate surface area is 92.9 Å². The zero-order valence-corrected chi connectivity index (χ0v) is 10.4. The van der Waals surface area contributed by atoms with Gasteiger partial charge in [-0.05, 0) is 52.3 Å². The van der Waals surface area contributed by atoms with Crippen molar-refractivity contribution in [3.8, 4) is 0 Å². The summed E-state index contributed by atoms with van der Waals surface area (Å²) in [5.74, 6) is 0. The maximum absolute atomic E-state index is 4.52. The van der Waals surface area contributed by atoms with Crippen molar-refractivity contribution < 1.29 is 0 Å². The summed E-state index contributed by atoms with van der Waals surface area (Å²) in [4.78, 5) is 0. The largest absolute Gasteiger partial charge is 0.317 e. The van der Waals surface area contributed by atoms with Gasteiger partial charge in [-0.1, -0.05) is 6.92 Å². The lowest BCUT2D eigenvalue weighted by molar-refractivity contribution is 0.531. The second-order valence-electron chi connectivity index (χ2n) is 4.12. The molecule has 0 atom stereocenters. The van der Waals surface area contributed by atoms with Gasteiger partial charge in [0.05, 0.1) is 5.69 Å². The van der Waals surface area contributed by atoms with Crippen molar-refractivity contribution in [3.05, 3.63) is 17.0 Å². The zero-order chi connectivity index (χ0) is 11.3. The summed E-state index contributed by atoms with van der Waals surface area (Å²) in [6, 6.07) is 0. The molecule has 1 rings (SSSR count). The molecule has 3 heteroatoms. The van der Waals surface area contributed by atoms with Crippen LogP contribution in [0, 0.1) is 20.8 Å². The molecule has 1 aromatic rings. The topological polar surface area (TPSA) is 29.9 Å². The van der Waals surface area contributed by atoms with Crippen LogP contribution in [-0.4, -0.2) is 22.9 Å². The van der Waals surface area contributed by atoms with E-state index in [-0.39, 0.29) is 0 Å². The van der Waals surface area contributed by atoms with Crippen molar-refractivity contribution in [3.63, 3.8) is 0 Å². The van der Waals surface area contributed by atoms with Crippen LogP contribution in [-0.2, 0) is 6.54 Å². The molecular formula is C12H23N3. The quantitative estimate of drug-likeness (QED) is 0.728. The van der Waals surface area contributed by atoms with Crippen LogP contribution in [0.25, 0.3) is 0 Å². The number of hydrogen-bond acceptors (Lipinski definition) is 2. The predicted octanol–water partition coefficient (Wildman–Crippen LogP) is 2.20. The highest BCUT2D eigenvalue weighted by Crippen LogP contribution is 2.10. The van der Waals surface area contributed by atoms with Gasteiger partial charge in [0.1, 0.15) is 0 Å². The Morgan fingerprint density at radius 3 is 2.47 bits per heavy atom. The van der Waals surface area contributed by atoms with Crippen LogP contribution in [0.1, 0.15) is 36.7 Å². The van der Waals surface area contributed by atoms with Gasteiger partial charge in [-0.2, -0.15) is 5.10 Å². The van der Waals surface area contributed by atoms with Crippen LogP contribution < -0.4 is 5.32 Å². The van der Waals surface area contributed by atoms with Crippen molar-refractivity contribution in [2.24, 2.45) is 0 Å². The molecule has 0 aliphatic carbocycles. The Bertz CT molecular complexity index is 302. The van der Waals surface area contributed by atoms with Crippen LogP contribution in [0.4, 0.5) is 0 Å². The third kappa shape index (κ3) is 3.34. The summed E-state index contributed by atoms with van der Waals surface area (Å²) in [7, 11) is 0. The molecule has 3 nitrogen and oxygen atoms in total. The smallest absolute Gasteiger partial charge is 0.0625 e. The number of rotatable bonds is 6. The van der Waals surface area contributed by atoms with Gasteiger partial charge in [0.15, 0.2) is 0 Å². The van der Waals surface area contributed by atoms with E-state index < -0.39 is 0 Å². The zero-order valence-electron chi connectivity index (χ0n) is 10.4. The molecule has 15 heavy (non-hydrogen) atoms. The van der Waals surface area contributed by atoms with Crippen LogP contribution in [0.5, 0.6) is 0 Å². The van der Waals surface area contributed by atoms with Gasteiger partial charge < -0.3 is 5.32 Å². The van der Waals surface area contributed by atoms with E-state index in [1.807, 2.05) is 0 Å². The number of nitrogens with zero attached hydrogens (tertiary/aromatic N) is 2. The lowest BCUT2D eigenvalue weighted by Gasteiger charge is -2.05. The van der Waals surface area contributed by atoms with Crippen molar-refractivity contribution in [1.29, 1.82) is 0 Å². The average molecular weight is 209 g/mol. The average Bonchev–Trinajstić information content (AvgIpc) is 2.46. The molecule has 0 saturated heterocycles. The highest BCUT2D eigenvalue weighted by atomic mass is 15.3. The van der Waals surface area contributed by atoms with E-state index in [4.69, 9.17) is 0 Å². The summed E-state index contributed by atoms with van der Waals surface area (Å²) < 4.78 is 2.12. The van der Waals surface area contributed by atoms with Crippen molar-refractivity contribution in [2.45, 2.75) is 47.1 Å². The van der Waals surface area contributed by atoms with E-state index in [1.165, 1.54) is 17.7 Å². The van der Waals surface area contributed by atoms with Gasteiger partial charge >= 0.3 is 0 Å². The van der Waals surface area contributed by atoms with E-state index in [0.717, 1.165) is 31.7 Å². The standard InChI is InChI=1S/C12H23N3/c1-5-7-13-8-6-9-15-12(4)10(2)11(3)14-15/h13H,5-9H2,1-4H3. The van der Waals surface area contributed by atoms with Gasteiger partial charge in [0, 0.05) is 12.2 Å². The van der Waals surface area contributed by atoms with Crippen molar-refractivity contribution in [1.82, 2.24) is 15.1 Å². The molecule has 0 bridgehead atoms. The number of aryl methyl sites for hydroxylation is 2. The molecule has 1 heterocycles. The fraction of sp³-hybridized carbons (Fsp3) is 0.750. The Morgan fingerprint density at radius 2 is 1.93 bits per heavy atom. The van der Waals surface area contributed by atoms with Crippen LogP contribution in [0.15, 0.2) is 0 Å². The van der Waals surface area contributed by atoms with E-state index in [1.54, 1.807) is 0 Å². The monoisotopic (exact) mass is 209 g/mol. The first-order valence-electron chi connectivity index (χ1n) is 5.88. The molecule has 0 aliphatic heterocycles. The molecule has 0 saturated carbocycles. The molecule has 0 spiro atoms. The second-order valence-corrected chi connectivity index (χ2v) is 4.12. The molecule has 0 radical (unpaired) electrons. The van der Waals surface area contributed by atoms with Gasteiger partial charge in [0.2, 0.25) is 0 Å². The third-order valence-electron chi connectivity index (χ3n) is 2.89. The van der Waals surface area contributed by atoms with Crippen LogP contribution >= 0.6 is 0 Å². The molecule has 0 unspecified atom stereocenters. The second kappa shape index (κ2) is 5.91. The van der Waals surface area contributed by atoms with Crippen LogP contribution in [0.3, 0.4) is 0 Å². The Hall–Kier alpha value is -0.830. The van der Waals surface area contributed by atoms with Gasteiger partial charge in [-0.3, -0.25) is 4.68 Å². The Kier molecular flexibility index (Phi) is 4.82. The minimum atomic E-state index is 1.03. The summed E-state index contributed by atoms with van der Waals surface area (Å²) >= 11 is 0. The van der Waals surface area contributed by atoms with E-state index in [0.29, 0.717) is 0 Å². The van der Waals surface area contributed by atoms with Gasteiger partial charge in [-0.15, -0.1) is 0 Å². The first kappa shape index (κ1) is 12.2. The normalized spacial score (nSPS) is 10.9. The summed E-state index contributed by atoms with van der Waals surface area (Å²) in [5.41, 5.74) is 3.80. The van der Waals surface area contributed by atoms with Crippen molar-refractivity contribution >= 4 is 0 Å². The summed E-state index contributed by atoms with van der Waals surface area (Å²) in [6.45, 7) is 11.8. The van der Waals surface area contributed by atoms with Gasteiger partial charge in [-0.25, -0.2) is 0 Å². The highest BCUT2D eigenvalue weighted by Gasteiger charge is 2.05. The fourth-order valence-electron chi connectivity index (χ4n) is 1.66. The van der Waals surface area contributed by atoms with Crippen molar-refractivity contribution in [2.75, 3.05) is 13.1 Å².